The first kappa shape index (κ1) is 10.6. The number of carbonyl (C=O) groups is 1. The van der Waals surface area contributed by atoms with E-state index in [4.69, 9.17) is 10.8 Å². The van der Waals surface area contributed by atoms with Crippen molar-refractivity contribution in [3.63, 3.8) is 0 Å². The fourth-order valence-corrected chi connectivity index (χ4v) is 1.62. The molecular formula is C11H13N3O2. The number of rotatable bonds is 3. The van der Waals surface area contributed by atoms with Gasteiger partial charge in [-0.05, 0) is 19.1 Å². The van der Waals surface area contributed by atoms with Crippen LogP contribution in [0.3, 0.4) is 0 Å². The van der Waals surface area contributed by atoms with Crippen molar-refractivity contribution in [3.8, 4) is 0 Å². The van der Waals surface area contributed by atoms with Crippen molar-refractivity contribution >= 4 is 16.9 Å². The van der Waals surface area contributed by atoms with Crippen LogP contribution in [0.5, 0.6) is 0 Å². The van der Waals surface area contributed by atoms with Crippen LogP contribution in [0.15, 0.2) is 24.4 Å². The number of carboxylic acid groups (broad SMARTS) is 1. The molecule has 0 aliphatic rings. The molecule has 0 saturated heterocycles. The Kier molecular flexibility index (Phi) is 2.62. The summed E-state index contributed by atoms with van der Waals surface area (Å²) in [5.74, 6) is -0.935. The Hall–Kier alpha value is -1.88. The molecule has 0 aliphatic carbocycles. The van der Waals surface area contributed by atoms with Gasteiger partial charge in [0.1, 0.15) is 0 Å². The van der Waals surface area contributed by atoms with Gasteiger partial charge in [0.25, 0.3) is 0 Å². The molecule has 5 heteroatoms. The lowest BCUT2D eigenvalue weighted by Crippen LogP contribution is -2.22. The zero-order valence-corrected chi connectivity index (χ0v) is 8.92. The molecular weight excluding hydrogens is 206 g/mol. The van der Waals surface area contributed by atoms with E-state index in [1.54, 1.807) is 29.1 Å². The van der Waals surface area contributed by atoms with E-state index in [0.717, 1.165) is 10.9 Å². The predicted octanol–water partition coefficient (Wildman–Crippen LogP) is 1.08. The van der Waals surface area contributed by atoms with E-state index in [2.05, 4.69) is 5.10 Å². The number of aromatic carboxylic acids is 1. The molecule has 0 radical (unpaired) electrons. The van der Waals surface area contributed by atoms with Crippen LogP contribution < -0.4 is 5.73 Å². The molecule has 1 atom stereocenters. The quantitative estimate of drug-likeness (QED) is 0.809. The van der Waals surface area contributed by atoms with E-state index in [1.165, 1.54) is 0 Å². The fourth-order valence-electron chi connectivity index (χ4n) is 1.62. The first-order valence-corrected chi connectivity index (χ1v) is 5.02. The van der Waals surface area contributed by atoms with Crippen molar-refractivity contribution in [2.24, 2.45) is 5.73 Å². The summed E-state index contributed by atoms with van der Waals surface area (Å²) < 4.78 is 1.73. The number of hydrogen-bond acceptors (Lipinski definition) is 3. The Morgan fingerprint density at radius 2 is 2.38 bits per heavy atom. The van der Waals surface area contributed by atoms with Crippen LogP contribution in [0, 0.1) is 0 Å². The summed E-state index contributed by atoms with van der Waals surface area (Å²) in [6.07, 6.45) is 1.71. The topological polar surface area (TPSA) is 81.1 Å². The van der Waals surface area contributed by atoms with Gasteiger partial charge in [-0.25, -0.2) is 4.79 Å². The molecule has 2 rings (SSSR count). The van der Waals surface area contributed by atoms with Gasteiger partial charge in [-0.3, -0.25) is 4.68 Å². The van der Waals surface area contributed by atoms with Gasteiger partial charge in [-0.15, -0.1) is 0 Å². The third kappa shape index (κ3) is 1.90. The molecule has 0 amide bonds. The van der Waals surface area contributed by atoms with Gasteiger partial charge in [0.15, 0.2) is 0 Å². The highest BCUT2D eigenvalue weighted by molar-refractivity contribution is 5.93. The summed E-state index contributed by atoms with van der Waals surface area (Å²) in [5.41, 5.74) is 6.76. The first-order valence-electron chi connectivity index (χ1n) is 5.02. The van der Waals surface area contributed by atoms with Gasteiger partial charge in [0.2, 0.25) is 0 Å². The second-order valence-electron chi connectivity index (χ2n) is 3.88. The largest absolute Gasteiger partial charge is 0.478 e. The van der Waals surface area contributed by atoms with E-state index in [9.17, 15) is 4.79 Å². The molecule has 0 saturated carbocycles. The highest BCUT2D eigenvalue weighted by Gasteiger charge is 2.08. The molecule has 16 heavy (non-hydrogen) atoms. The van der Waals surface area contributed by atoms with Crippen LogP contribution in [-0.2, 0) is 6.54 Å². The summed E-state index contributed by atoms with van der Waals surface area (Å²) in [7, 11) is 0. The maximum atomic E-state index is 10.8. The summed E-state index contributed by atoms with van der Waals surface area (Å²) in [6, 6.07) is 4.93. The molecule has 3 N–H and O–H groups in total. The van der Waals surface area contributed by atoms with Crippen molar-refractivity contribution in [2.75, 3.05) is 0 Å². The first-order chi connectivity index (χ1) is 7.58. The van der Waals surface area contributed by atoms with Crippen molar-refractivity contribution in [2.45, 2.75) is 19.5 Å². The normalized spacial score (nSPS) is 12.9. The number of aromatic nitrogens is 2. The minimum atomic E-state index is -0.935. The number of carboxylic acids is 1. The predicted molar refractivity (Wildman–Crippen MR) is 60.3 cm³/mol. The summed E-state index contributed by atoms with van der Waals surface area (Å²) in [6.45, 7) is 2.46. The van der Waals surface area contributed by atoms with Gasteiger partial charge in [0.05, 0.1) is 23.8 Å². The van der Waals surface area contributed by atoms with Crippen LogP contribution in [0.2, 0.25) is 0 Å². The lowest BCUT2D eigenvalue weighted by Gasteiger charge is -2.06. The van der Waals surface area contributed by atoms with Crippen molar-refractivity contribution in [3.05, 3.63) is 30.0 Å². The van der Waals surface area contributed by atoms with Crippen molar-refractivity contribution in [1.29, 1.82) is 0 Å². The van der Waals surface area contributed by atoms with Crippen LogP contribution in [-0.4, -0.2) is 26.9 Å². The third-order valence-corrected chi connectivity index (χ3v) is 2.35. The summed E-state index contributed by atoms with van der Waals surface area (Å²) in [5, 5.41) is 14.0. The van der Waals surface area contributed by atoms with Gasteiger partial charge in [0, 0.05) is 11.4 Å². The van der Waals surface area contributed by atoms with E-state index >= 15 is 0 Å². The zero-order valence-electron chi connectivity index (χ0n) is 8.92. The number of nitrogens with zero attached hydrogens (tertiary/aromatic N) is 2. The van der Waals surface area contributed by atoms with Crippen LogP contribution in [0.1, 0.15) is 17.3 Å². The van der Waals surface area contributed by atoms with Crippen LogP contribution in [0.25, 0.3) is 10.9 Å². The average Bonchev–Trinajstić information content (AvgIpc) is 2.60. The second kappa shape index (κ2) is 3.94. The van der Waals surface area contributed by atoms with E-state index in [1.807, 2.05) is 6.92 Å². The maximum absolute atomic E-state index is 10.8. The Morgan fingerprint density at radius 3 is 3.00 bits per heavy atom. The zero-order chi connectivity index (χ0) is 11.7. The van der Waals surface area contributed by atoms with Crippen LogP contribution >= 0.6 is 0 Å². The van der Waals surface area contributed by atoms with E-state index < -0.39 is 5.97 Å². The highest BCUT2D eigenvalue weighted by atomic mass is 16.4. The lowest BCUT2D eigenvalue weighted by molar-refractivity contribution is 0.0697. The lowest BCUT2D eigenvalue weighted by atomic mass is 10.1. The van der Waals surface area contributed by atoms with Gasteiger partial charge in [-0.2, -0.15) is 5.10 Å². The minimum absolute atomic E-state index is 0.0171. The molecule has 0 spiro atoms. The maximum Gasteiger partial charge on any atom is 0.335 e. The van der Waals surface area contributed by atoms with Gasteiger partial charge in [-0.1, -0.05) is 6.07 Å². The number of fused-ring (bicyclic) bond motifs is 1. The molecule has 2 aromatic rings. The molecule has 0 unspecified atom stereocenters. The third-order valence-electron chi connectivity index (χ3n) is 2.35. The number of benzene rings is 1. The number of nitrogens with two attached hydrogens (primary N) is 1. The molecule has 0 fully saturated rings. The monoisotopic (exact) mass is 219 g/mol. The molecule has 1 aromatic carbocycles. The SMILES string of the molecule is C[C@H](N)Cn1ncc2ccc(C(=O)O)cc21. The Morgan fingerprint density at radius 1 is 1.62 bits per heavy atom. The number of hydrogen-bond donors (Lipinski definition) is 2. The Labute approximate surface area is 92.5 Å². The highest BCUT2D eigenvalue weighted by Crippen LogP contribution is 2.16. The standard InChI is InChI=1S/C11H13N3O2/c1-7(12)6-14-10-4-8(11(15)16)2-3-9(10)5-13-14/h2-5,7H,6,12H2,1H3,(H,15,16)/t7-/m0/s1. The van der Waals surface area contributed by atoms with E-state index in [-0.39, 0.29) is 11.6 Å². The van der Waals surface area contributed by atoms with Gasteiger partial charge >= 0.3 is 5.97 Å². The second-order valence-corrected chi connectivity index (χ2v) is 3.88. The summed E-state index contributed by atoms with van der Waals surface area (Å²) in [4.78, 5) is 10.8. The molecule has 1 aromatic heterocycles. The van der Waals surface area contributed by atoms with Crippen molar-refractivity contribution < 1.29 is 9.90 Å². The van der Waals surface area contributed by atoms with Crippen molar-refractivity contribution in [1.82, 2.24) is 9.78 Å². The van der Waals surface area contributed by atoms with E-state index in [0.29, 0.717) is 6.54 Å². The molecule has 84 valence electrons. The molecule has 5 nitrogen and oxygen atoms in total. The minimum Gasteiger partial charge on any atom is -0.478 e. The Bertz CT molecular complexity index is 531. The molecule has 1 heterocycles. The van der Waals surface area contributed by atoms with Gasteiger partial charge < -0.3 is 10.8 Å². The van der Waals surface area contributed by atoms with Crippen LogP contribution in [0.4, 0.5) is 0 Å². The summed E-state index contributed by atoms with van der Waals surface area (Å²) >= 11 is 0. The smallest absolute Gasteiger partial charge is 0.335 e. The average molecular weight is 219 g/mol. The molecule has 0 bridgehead atoms. The Balaban J connectivity index is 2.51. The molecule has 0 aliphatic heterocycles. The fraction of sp³-hybridized carbons (Fsp3) is 0.273.